The van der Waals surface area contributed by atoms with Gasteiger partial charge in [0.1, 0.15) is 11.5 Å². The Balaban J connectivity index is 1.13. The van der Waals surface area contributed by atoms with Crippen molar-refractivity contribution in [1.82, 2.24) is 15.1 Å². The van der Waals surface area contributed by atoms with Gasteiger partial charge in [-0.15, -0.1) is 0 Å². The van der Waals surface area contributed by atoms with Crippen LogP contribution in [0.1, 0.15) is 27.2 Å². The summed E-state index contributed by atoms with van der Waals surface area (Å²) in [6.07, 6.45) is 2.56. The molecule has 2 aliphatic rings. The summed E-state index contributed by atoms with van der Waals surface area (Å²) in [7, 11) is 1.73. The van der Waals surface area contributed by atoms with Crippen molar-refractivity contribution in [3.63, 3.8) is 0 Å². The molecule has 8 nitrogen and oxygen atoms in total. The molecule has 0 saturated carbocycles. The number of likely N-dealkylation sites (N-methyl/N-ethyl adjacent to an activating group) is 1. The fourth-order valence-electron chi connectivity index (χ4n) is 4.77. The monoisotopic (exact) mass is 488 g/mol. The van der Waals surface area contributed by atoms with E-state index < -0.39 is 0 Å². The lowest BCUT2D eigenvalue weighted by molar-refractivity contribution is -0.119. The SMILES string of the molecule is CN(C(=O)CN1CCN(Cc2ccc3c(c2)CCO3)CC1)c1ccccc1C(=O)NCc1ccco1. The molecule has 1 N–H and O–H groups in total. The van der Waals surface area contributed by atoms with E-state index in [0.29, 0.717) is 30.1 Å². The van der Waals surface area contributed by atoms with Crippen molar-refractivity contribution in [2.24, 2.45) is 0 Å². The number of anilines is 1. The first kappa shape index (κ1) is 24.1. The van der Waals surface area contributed by atoms with E-state index in [1.165, 1.54) is 11.1 Å². The number of fused-ring (bicyclic) bond motifs is 1. The molecule has 8 heteroatoms. The van der Waals surface area contributed by atoms with Gasteiger partial charge in [-0.05, 0) is 41.5 Å². The molecule has 0 bridgehead atoms. The van der Waals surface area contributed by atoms with Gasteiger partial charge in [0.25, 0.3) is 5.91 Å². The highest BCUT2D eigenvalue weighted by Crippen LogP contribution is 2.26. The maximum Gasteiger partial charge on any atom is 0.253 e. The Morgan fingerprint density at radius 1 is 1.00 bits per heavy atom. The fourth-order valence-corrected chi connectivity index (χ4v) is 4.77. The van der Waals surface area contributed by atoms with Crippen molar-refractivity contribution in [3.8, 4) is 5.75 Å². The van der Waals surface area contributed by atoms with E-state index in [2.05, 4.69) is 33.3 Å². The van der Waals surface area contributed by atoms with E-state index in [4.69, 9.17) is 9.15 Å². The van der Waals surface area contributed by atoms with Crippen molar-refractivity contribution in [2.45, 2.75) is 19.5 Å². The molecule has 1 saturated heterocycles. The Kier molecular flexibility index (Phi) is 7.34. The van der Waals surface area contributed by atoms with Crippen LogP contribution in [0.25, 0.3) is 0 Å². The van der Waals surface area contributed by atoms with Crippen LogP contribution < -0.4 is 15.0 Å². The zero-order chi connectivity index (χ0) is 24.9. The van der Waals surface area contributed by atoms with Crippen molar-refractivity contribution < 1.29 is 18.7 Å². The number of carbonyl (C=O) groups excluding carboxylic acids is 2. The lowest BCUT2D eigenvalue weighted by Gasteiger charge is -2.35. The highest BCUT2D eigenvalue weighted by molar-refractivity contribution is 6.04. The average molecular weight is 489 g/mol. The highest BCUT2D eigenvalue weighted by atomic mass is 16.5. The van der Waals surface area contributed by atoms with Gasteiger partial charge in [0, 0.05) is 46.2 Å². The van der Waals surface area contributed by atoms with E-state index in [9.17, 15) is 9.59 Å². The molecule has 0 unspecified atom stereocenters. The summed E-state index contributed by atoms with van der Waals surface area (Å²) in [4.78, 5) is 32.1. The summed E-state index contributed by atoms with van der Waals surface area (Å²) in [5.74, 6) is 1.42. The molecular weight excluding hydrogens is 456 g/mol. The van der Waals surface area contributed by atoms with Crippen molar-refractivity contribution >= 4 is 17.5 Å². The van der Waals surface area contributed by atoms with Gasteiger partial charge in [0.05, 0.1) is 37.2 Å². The van der Waals surface area contributed by atoms with Gasteiger partial charge in [0.15, 0.2) is 0 Å². The van der Waals surface area contributed by atoms with Crippen LogP contribution in [0.15, 0.2) is 65.3 Å². The molecule has 36 heavy (non-hydrogen) atoms. The van der Waals surface area contributed by atoms with E-state index in [-0.39, 0.29) is 11.8 Å². The van der Waals surface area contributed by atoms with Crippen LogP contribution in [0.2, 0.25) is 0 Å². The minimum atomic E-state index is -0.242. The van der Waals surface area contributed by atoms with Crippen LogP contribution in [0.5, 0.6) is 5.75 Å². The number of piperazine rings is 1. The molecule has 2 amide bonds. The van der Waals surface area contributed by atoms with Gasteiger partial charge < -0.3 is 19.4 Å². The number of benzene rings is 2. The maximum absolute atomic E-state index is 13.1. The Morgan fingerprint density at radius 3 is 2.61 bits per heavy atom. The van der Waals surface area contributed by atoms with Crippen molar-refractivity contribution in [2.75, 3.05) is 51.3 Å². The molecule has 1 fully saturated rings. The molecular formula is C28H32N4O4. The Bertz CT molecular complexity index is 1200. The number of amides is 2. The molecule has 1 aromatic heterocycles. The molecule has 0 aliphatic carbocycles. The first-order valence-electron chi connectivity index (χ1n) is 12.4. The Hall–Kier alpha value is -3.62. The van der Waals surface area contributed by atoms with E-state index in [0.717, 1.165) is 51.5 Å². The summed E-state index contributed by atoms with van der Waals surface area (Å²) in [5.41, 5.74) is 3.67. The van der Waals surface area contributed by atoms with E-state index in [1.54, 1.807) is 42.5 Å². The molecule has 188 valence electrons. The van der Waals surface area contributed by atoms with Gasteiger partial charge in [-0.3, -0.25) is 19.4 Å². The summed E-state index contributed by atoms with van der Waals surface area (Å²) in [5, 5.41) is 2.86. The number of ether oxygens (including phenoxy) is 1. The normalized spacial score (nSPS) is 15.8. The third kappa shape index (κ3) is 5.61. The molecule has 0 radical (unpaired) electrons. The van der Waals surface area contributed by atoms with Crippen LogP contribution in [0, 0.1) is 0 Å². The summed E-state index contributed by atoms with van der Waals surface area (Å²) < 4.78 is 10.9. The first-order chi connectivity index (χ1) is 17.6. The summed E-state index contributed by atoms with van der Waals surface area (Å²) in [6, 6.07) is 17.3. The molecule has 2 aromatic carbocycles. The van der Waals surface area contributed by atoms with Gasteiger partial charge in [-0.2, -0.15) is 0 Å². The fraction of sp³-hybridized carbons (Fsp3) is 0.357. The van der Waals surface area contributed by atoms with E-state index >= 15 is 0 Å². The number of hydrogen-bond donors (Lipinski definition) is 1. The van der Waals surface area contributed by atoms with Crippen LogP contribution in [-0.2, 0) is 24.3 Å². The predicted molar refractivity (Wildman–Crippen MR) is 137 cm³/mol. The number of para-hydroxylation sites is 1. The third-order valence-electron chi connectivity index (χ3n) is 6.87. The Morgan fingerprint density at radius 2 is 1.81 bits per heavy atom. The van der Waals surface area contributed by atoms with Gasteiger partial charge in [-0.1, -0.05) is 24.3 Å². The highest BCUT2D eigenvalue weighted by Gasteiger charge is 2.24. The van der Waals surface area contributed by atoms with Gasteiger partial charge >= 0.3 is 0 Å². The minimum absolute atomic E-state index is 0.0339. The minimum Gasteiger partial charge on any atom is -0.493 e. The number of furan rings is 1. The summed E-state index contributed by atoms with van der Waals surface area (Å²) in [6.45, 7) is 5.80. The summed E-state index contributed by atoms with van der Waals surface area (Å²) >= 11 is 0. The molecule has 3 aromatic rings. The van der Waals surface area contributed by atoms with Crippen molar-refractivity contribution in [1.29, 1.82) is 0 Å². The largest absolute Gasteiger partial charge is 0.493 e. The van der Waals surface area contributed by atoms with Crippen LogP contribution in [0.4, 0.5) is 5.69 Å². The molecule has 0 spiro atoms. The zero-order valence-electron chi connectivity index (χ0n) is 20.6. The lowest BCUT2D eigenvalue weighted by atomic mass is 10.1. The number of nitrogens with zero attached hydrogens (tertiary/aromatic N) is 3. The van der Waals surface area contributed by atoms with Gasteiger partial charge in [-0.25, -0.2) is 0 Å². The van der Waals surface area contributed by atoms with Crippen LogP contribution in [-0.4, -0.2) is 68.0 Å². The van der Waals surface area contributed by atoms with Crippen molar-refractivity contribution in [3.05, 3.63) is 83.3 Å². The second kappa shape index (κ2) is 11.0. The number of rotatable bonds is 8. The molecule has 3 heterocycles. The first-order valence-corrected chi connectivity index (χ1v) is 12.4. The molecule has 2 aliphatic heterocycles. The standard InChI is InChI=1S/C28H32N4O4/c1-30(25-7-3-2-6-24(25)28(34)29-18-23-5-4-15-35-23)27(33)20-32-13-11-31(12-14-32)19-21-8-9-26-22(17-21)10-16-36-26/h2-9,15,17H,10-14,16,18-20H2,1H3,(H,29,34). The topological polar surface area (TPSA) is 78.3 Å². The number of hydrogen-bond acceptors (Lipinski definition) is 6. The molecule has 0 atom stereocenters. The average Bonchev–Trinajstić information content (AvgIpc) is 3.60. The Labute approximate surface area is 211 Å². The maximum atomic E-state index is 13.1. The number of nitrogens with one attached hydrogen (secondary N) is 1. The third-order valence-corrected chi connectivity index (χ3v) is 6.87. The zero-order valence-corrected chi connectivity index (χ0v) is 20.6. The van der Waals surface area contributed by atoms with Crippen LogP contribution >= 0.6 is 0 Å². The van der Waals surface area contributed by atoms with Crippen LogP contribution in [0.3, 0.4) is 0 Å². The second-order valence-corrected chi connectivity index (χ2v) is 9.32. The lowest BCUT2D eigenvalue weighted by Crippen LogP contribution is -2.49. The predicted octanol–water partition coefficient (Wildman–Crippen LogP) is 2.93. The molecule has 5 rings (SSSR count). The smallest absolute Gasteiger partial charge is 0.253 e. The second-order valence-electron chi connectivity index (χ2n) is 9.32. The quantitative estimate of drug-likeness (QED) is 0.525. The number of carbonyl (C=O) groups is 2. The van der Waals surface area contributed by atoms with E-state index in [1.807, 2.05) is 12.1 Å². The van der Waals surface area contributed by atoms with Gasteiger partial charge in [0.2, 0.25) is 5.91 Å².